The fourth-order valence-corrected chi connectivity index (χ4v) is 1.25. The van der Waals surface area contributed by atoms with Gasteiger partial charge in [-0.3, -0.25) is 0 Å². The number of hydrogen-bond acceptors (Lipinski definition) is 3. The van der Waals surface area contributed by atoms with Gasteiger partial charge in [0.25, 0.3) is 0 Å². The Labute approximate surface area is 82.3 Å². The lowest BCUT2D eigenvalue weighted by Crippen LogP contribution is -2.25. The van der Waals surface area contributed by atoms with Crippen molar-refractivity contribution < 1.29 is 14.2 Å². The van der Waals surface area contributed by atoms with Crippen LogP contribution in [0.3, 0.4) is 0 Å². The van der Waals surface area contributed by atoms with Crippen LogP contribution in [0.4, 0.5) is 4.39 Å². The largest absolute Gasteiger partial charge is 0.496 e. The third kappa shape index (κ3) is 2.02. The van der Waals surface area contributed by atoms with Gasteiger partial charge in [-0.1, -0.05) is 6.07 Å². The number of hydrogen-bond donors (Lipinski definition) is 2. The van der Waals surface area contributed by atoms with Gasteiger partial charge >= 0.3 is 0 Å². The molecule has 2 unspecified atom stereocenters. The SMILES string of the molecule is COc1cccc(F)c1C(O)C(C)N. The minimum Gasteiger partial charge on any atom is -0.496 e. The van der Waals surface area contributed by atoms with Crippen molar-refractivity contribution >= 4 is 0 Å². The highest BCUT2D eigenvalue weighted by Crippen LogP contribution is 2.28. The molecule has 78 valence electrons. The monoisotopic (exact) mass is 199 g/mol. The van der Waals surface area contributed by atoms with Crippen LogP contribution in [0.15, 0.2) is 18.2 Å². The number of rotatable bonds is 3. The highest BCUT2D eigenvalue weighted by Gasteiger charge is 2.20. The molecule has 0 bridgehead atoms. The maximum absolute atomic E-state index is 13.4. The van der Waals surface area contributed by atoms with Gasteiger partial charge in [-0.05, 0) is 19.1 Å². The molecular formula is C10H14FNO2. The number of ether oxygens (including phenoxy) is 1. The van der Waals surface area contributed by atoms with Gasteiger partial charge in [0.2, 0.25) is 0 Å². The summed E-state index contributed by atoms with van der Waals surface area (Å²) in [6, 6.07) is 3.83. The molecule has 3 N–H and O–H groups in total. The van der Waals surface area contributed by atoms with Crippen molar-refractivity contribution in [3.63, 3.8) is 0 Å². The molecule has 0 aliphatic heterocycles. The molecule has 0 saturated heterocycles. The zero-order valence-electron chi connectivity index (χ0n) is 8.20. The molecule has 3 nitrogen and oxygen atoms in total. The van der Waals surface area contributed by atoms with Gasteiger partial charge in [0.1, 0.15) is 17.7 Å². The summed E-state index contributed by atoms with van der Waals surface area (Å²) in [5, 5.41) is 9.65. The molecule has 1 rings (SSSR count). The molecule has 14 heavy (non-hydrogen) atoms. The van der Waals surface area contributed by atoms with E-state index in [-0.39, 0.29) is 5.56 Å². The maximum atomic E-state index is 13.4. The Morgan fingerprint density at radius 3 is 2.64 bits per heavy atom. The summed E-state index contributed by atoms with van der Waals surface area (Å²) in [5.41, 5.74) is 5.60. The van der Waals surface area contributed by atoms with Crippen molar-refractivity contribution in [1.82, 2.24) is 0 Å². The number of aliphatic hydroxyl groups excluding tert-OH is 1. The molecule has 4 heteroatoms. The van der Waals surface area contributed by atoms with E-state index in [0.717, 1.165) is 0 Å². The second-order valence-electron chi connectivity index (χ2n) is 3.16. The normalized spacial score (nSPS) is 14.9. The Balaban J connectivity index is 3.16. The average Bonchev–Trinajstić information content (AvgIpc) is 2.16. The van der Waals surface area contributed by atoms with Gasteiger partial charge < -0.3 is 15.6 Å². The van der Waals surface area contributed by atoms with Crippen LogP contribution in [-0.2, 0) is 0 Å². The fourth-order valence-electron chi connectivity index (χ4n) is 1.25. The van der Waals surface area contributed by atoms with Crippen LogP contribution in [0.1, 0.15) is 18.6 Å². The van der Waals surface area contributed by atoms with Crippen LogP contribution >= 0.6 is 0 Å². The summed E-state index contributed by atoms with van der Waals surface area (Å²) < 4.78 is 18.3. The van der Waals surface area contributed by atoms with E-state index in [2.05, 4.69) is 0 Å². The summed E-state index contributed by atoms with van der Waals surface area (Å²) >= 11 is 0. The highest BCUT2D eigenvalue weighted by molar-refractivity contribution is 5.36. The average molecular weight is 199 g/mol. The summed E-state index contributed by atoms with van der Waals surface area (Å²) in [5.74, 6) is -0.191. The van der Waals surface area contributed by atoms with Crippen LogP contribution in [0.2, 0.25) is 0 Å². The first-order valence-corrected chi connectivity index (χ1v) is 4.34. The second kappa shape index (κ2) is 4.39. The van der Waals surface area contributed by atoms with E-state index >= 15 is 0 Å². The van der Waals surface area contributed by atoms with Crippen molar-refractivity contribution in [1.29, 1.82) is 0 Å². The lowest BCUT2D eigenvalue weighted by Gasteiger charge is -2.18. The van der Waals surface area contributed by atoms with Crippen molar-refractivity contribution in [2.24, 2.45) is 5.73 Å². The van der Waals surface area contributed by atoms with Crippen LogP contribution in [-0.4, -0.2) is 18.3 Å². The lowest BCUT2D eigenvalue weighted by molar-refractivity contribution is 0.145. The number of aliphatic hydroxyl groups is 1. The first-order chi connectivity index (χ1) is 6.57. The Bertz CT molecular complexity index is 315. The smallest absolute Gasteiger partial charge is 0.132 e. The first-order valence-electron chi connectivity index (χ1n) is 4.34. The van der Waals surface area contributed by atoms with Gasteiger partial charge in [-0.2, -0.15) is 0 Å². The Morgan fingerprint density at radius 1 is 1.50 bits per heavy atom. The van der Waals surface area contributed by atoms with E-state index in [4.69, 9.17) is 10.5 Å². The van der Waals surface area contributed by atoms with Gasteiger partial charge in [0.15, 0.2) is 0 Å². The topological polar surface area (TPSA) is 55.5 Å². The Morgan fingerprint density at radius 2 is 2.14 bits per heavy atom. The molecule has 1 aromatic carbocycles. The van der Waals surface area contributed by atoms with Gasteiger partial charge in [-0.25, -0.2) is 4.39 Å². The number of halogens is 1. The van der Waals surface area contributed by atoms with Gasteiger partial charge in [0.05, 0.1) is 12.7 Å². The molecule has 0 spiro atoms. The van der Waals surface area contributed by atoms with Crippen LogP contribution < -0.4 is 10.5 Å². The zero-order chi connectivity index (χ0) is 10.7. The van der Waals surface area contributed by atoms with Crippen molar-refractivity contribution in [2.75, 3.05) is 7.11 Å². The van der Waals surface area contributed by atoms with E-state index in [1.807, 2.05) is 0 Å². The minimum absolute atomic E-state index is 0.116. The molecule has 0 amide bonds. The molecule has 0 aliphatic rings. The number of nitrogens with two attached hydrogens (primary N) is 1. The molecule has 0 aromatic heterocycles. The molecule has 0 heterocycles. The van der Waals surface area contributed by atoms with Crippen molar-refractivity contribution in [3.05, 3.63) is 29.6 Å². The Kier molecular flexibility index (Phi) is 3.43. The van der Waals surface area contributed by atoms with E-state index in [1.165, 1.54) is 19.2 Å². The van der Waals surface area contributed by atoms with E-state index in [1.54, 1.807) is 13.0 Å². The van der Waals surface area contributed by atoms with Gasteiger partial charge in [0, 0.05) is 6.04 Å². The second-order valence-corrected chi connectivity index (χ2v) is 3.16. The molecule has 0 fully saturated rings. The quantitative estimate of drug-likeness (QED) is 0.769. The molecule has 0 aliphatic carbocycles. The summed E-state index contributed by atoms with van der Waals surface area (Å²) in [7, 11) is 1.42. The van der Waals surface area contributed by atoms with Crippen LogP contribution in [0.5, 0.6) is 5.75 Å². The third-order valence-corrected chi connectivity index (χ3v) is 2.03. The van der Waals surface area contributed by atoms with Crippen LogP contribution in [0, 0.1) is 5.82 Å². The van der Waals surface area contributed by atoms with Gasteiger partial charge in [-0.15, -0.1) is 0 Å². The fraction of sp³-hybridized carbons (Fsp3) is 0.400. The zero-order valence-corrected chi connectivity index (χ0v) is 8.20. The number of methoxy groups -OCH3 is 1. The predicted molar refractivity (Wildman–Crippen MR) is 51.6 cm³/mol. The van der Waals surface area contributed by atoms with Crippen LogP contribution in [0.25, 0.3) is 0 Å². The number of benzene rings is 1. The summed E-state index contributed by atoms with van der Waals surface area (Å²) in [6.45, 7) is 1.61. The lowest BCUT2D eigenvalue weighted by atomic mass is 10.0. The van der Waals surface area contributed by atoms with E-state index < -0.39 is 18.0 Å². The molecule has 2 atom stereocenters. The predicted octanol–water partition coefficient (Wildman–Crippen LogP) is 1.21. The maximum Gasteiger partial charge on any atom is 0.132 e. The van der Waals surface area contributed by atoms with E-state index in [9.17, 15) is 9.50 Å². The minimum atomic E-state index is -1.05. The Hall–Kier alpha value is -1.13. The van der Waals surface area contributed by atoms with E-state index in [0.29, 0.717) is 5.75 Å². The van der Waals surface area contributed by atoms with Crippen molar-refractivity contribution in [2.45, 2.75) is 19.1 Å². The standard InChI is InChI=1S/C10H14FNO2/c1-6(12)10(13)9-7(11)4-3-5-8(9)14-2/h3-6,10,13H,12H2,1-2H3. The highest BCUT2D eigenvalue weighted by atomic mass is 19.1. The molecule has 0 saturated carbocycles. The molecule has 0 radical (unpaired) electrons. The molecule has 1 aromatic rings. The first kappa shape index (κ1) is 10.9. The third-order valence-electron chi connectivity index (χ3n) is 2.03. The summed E-state index contributed by atoms with van der Waals surface area (Å²) in [4.78, 5) is 0. The van der Waals surface area contributed by atoms with Crippen molar-refractivity contribution in [3.8, 4) is 5.75 Å². The molecular weight excluding hydrogens is 185 g/mol. The summed E-state index contributed by atoms with van der Waals surface area (Å²) in [6.07, 6.45) is -1.05.